The van der Waals surface area contributed by atoms with Gasteiger partial charge < -0.3 is 9.73 Å². The number of nitrogens with zero attached hydrogens (tertiary/aromatic N) is 2. The molecule has 7 heteroatoms. The Hall–Kier alpha value is -3.74. The number of imide groups is 1. The smallest absolute Gasteiger partial charge is 0.234 e. The van der Waals surface area contributed by atoms with E-state index >= 15 is 0 Å². The maximum absolute atomic E-state index is 13.3. The molecule has 1 saturated heterocycles. The first kappa shape index (κ1) is 19.0. The molecule has 1 saturated carbocycles. The van der Waals surface area contributed by atoms with E-state index in [9.17, 15) is 14.4 Å². The normalized spacial score (nSPS) is 26.7. The van der Waals surface area contributed by atoms with E-state index in [4.69, 9.17) is 4.42 Å². The summed E-state index contributed by atoms with van der Waals surface area (Å²) in [6.45, 7) is 0. The van der Waals surface area contributed by atoms with Crippen molar-refractivity contribution in [3.63, 3.8) is 0 Å². The Morgan fingerprint density at radius 2 is 1.88 bits per heavy atom. The van der Waals surface area contributed by atoms with Crippen LogP contribution in [0.5, 0.6) is 0 Å². The van der Waals surface area contributed by atoms with Gasteiger partial charge >= 0.3 is 0 Å². The third-order valence-electron chi connectivity index (χ3n) is 6.95. The van der Waals surface area contributed by atoms with Crippen LogP contribution < -0.4 is 5.32 Å². The second-order valence-electron chi connectivity index (χ2n) is 8.74. The lowest BCUT2D eigenvalue weighted by atomic mass is 9.85. The molecule has 3 aliphatic rings. The SMILES string of the molecule is O=C(CC(c1ccco1)N1C(=O)C2C3C=CC(C3)C2C1=O)Nc1ccc2ncccc2c1. The van der Waals surface area contributed by atoms with Gasteiger partial charge in [0.15, 0.2) is 0 Å². The lowest BCUT2D eigenvalue weighted by molar-refractivity contribution is -0.144. The summed E-state index contributed by atoms with van der Waals surface area (Å²) in [7, 11) is 0. The van der Waals surface area contributed by atoms with Crippen LogP contribution in [0.2, 0.25) is 0 Å². The lowest BCUT2D eigenvalue weighted by Gasteiger charge is -2.26. The summed E-state index contributed by atoms with van der Waals surface area (Å²) in [5.41, 5.74) is 1.47. The standard InChI is InChI=1S/C25H21N3O4/c29-21(27-17-7-8-18-14(12-17)3-1-9-26-18)13-19(20-4-2-10-32-20)28-24(30)22-15-5-6-16(11-15)23(22)25(28)31/h1-10,12,15-16,19,22-23H,11,13H2,(H,27,29). The molecule has 7 nitrogen and oxygen atoms in total. The number of furan rings is 1. The number of carbonyl (C=O) groups excluding carboxylic acids is 3. The first-order valence-electron chi connectivity index (χ1n) is 10.8. The molecule has 3 amide bonds. The summed E-state index contributed by atoms with van der Waals surface area (Å²) in [6, 6.07) is 11.9. The number of allylic oxidation sites excluding steroid dienone is 2. The first-order chi connectivity index (χ1) is 15.6. The third-order valence-corrected chi connectivity index (χ3v) is 6.95. The highest BCUT2D eigenvalue weighted by molar-refractivity contribution is 6.07. The third kappa shape index (κ3) is 2.88. The Bertz CT molecular complexity index is 1240. The van der Waals surface area contributed by atoms with Gasteiger partial charge in [0.2, 0.25) is 17.7 Å². The zero-order chi connectivity index (χ0) is 21.8. The Balaban J connectivity index is 1.26. The van der Waals surface area contributed by atoms with Crippen molar-refractivity contribution in [2.24, 2.45) is 23.7 Å². The summed E-state index contributed by atoms with van der Waals surface area (Å²) in [4.78, 5) is 45.2. The van der Waals surface area contributed by atoms with Gasteiger partial charge in [-0.25, -0.2) is 0 Å². The van der Waals surface area contributed by atoms with Gasteiger partial charge in [0.1, 0.15) is 11.8 Å². The van der Waals surface area contributed by atoms with Gasteiger partial charge in [0.25, 0.3) is 0 Å². The van der Waals surface area contributed by atoms with Gasteiger partial charge in [-0.3, -0.25) is 24.3 Å². The van der Waals surface area contributed by atoms with Gasteiger partial charge in [-0.15, -0.1) is 0 Å². The van der Waals surface area contributed by atoms with Crippen molar-refractivity contribution in [2.75, 3.05) is 5.32 Å². The molecule has 6 rings (SSSR count). The van der Waals surface area contributed by atoms with Gasteiger partial charge in [0.05, 0.1) is 30.0 Å². The maximum atomic E-state index is 13.3. The molecule has 0 radical (unpaired) electrons. The first-order valence-corrected chi connectivity index (χ1v) is 10.8. The average Bonchev–Trinajstić information content (AvgIpc) is 3.58. The van der Waals surface area contributed by atoms with Gasteiger partial charge in [-0.2, -0.15) is 0 Å². The van der Waals surface area contributed by atoms with Crippen LogP contribution in [0, 0.1) is 23.7 Å². The van der Waals surface area contributed by atoms with Crippen LogP contribution in [0.4, 0.5) is 5.69 Å². The van der Waals surface area contributed by atoms with Crippen LogP contribution in [0.1, 0.15) is 24.6 Å². The number of nitrogens with one attached hydrogen (secondary N) is 1. The molecule has 3 aromatic rings. The molecule has 2 aromatic heterocycles. The van der Waals surface area contributed by atoms with Crippen LogP contribution in [-0.2, 0) is 14.4 Å². The number of likely N-dealkylation sites (tertiary alicyclic amines) is 1. The molecule has 1 aliphatic heterocycles. The Morgan fingerprint density at radius 1 is 1.09 bits per heavy atom. The molecular weight excluding hydrogens is 406 g/mol. The van der Waals surface area contributed by atoms with E-state index < -0.39 is 6.04 Å². The van der Waals surface area contributed by atoms with Crippen molar-refractivity contribution < 1.29 is 18.8 Å². The fraction of sp³-hybridized carbons (Fsp3) is 0.280. The number of hydrogen-bond acceptors (Lipinski definition) is 5. The van der Waals surface area contributed by atoms with E-state index in [0.717, 1.165) is 17.3 Å². The van der Waals surface area contributed by atoms with Crippen molar-refractivity contribution in [1.82, 2.24) is 9.88 Å². The van der Waals surface area contributed by atoms with Gasteiger partial charge in [-0.1, -0.05) is 18.2 Å². The van der Waals surface area contributed by atoms with Crippen molar-refractivity contribution in [1.29, 1.82) is 0 Å². The van der Waals surface area contributed by atoms with Gasteiger partial charge in [0, 0.05) is 17.3 Å². The second kappa shape index (κ2) is 7.15. The Kier molecular flexibility index (Phi) is 4.24. The number of rotatable bonds is 5. The zero-order valence-electron chi connectivity index (χ0n) is 17.2. The highest BCUT2D eigenvalue weighted by Gasteiger charge is 2.60. The topological polar surface area (TPSA) is 92.5 Å². The number of benzene rings is 1. The number of carbonyl (C=O) groups is 3. The highest BCUT2D eigenvalue weighted by Crippen LogP contribution is 2.54. The molecule has 0 spiro atoms. The Morgan fingerprint density at radius 3 is 2.59 bits per heavy atom. The fourth-order valence-electron chi connectivity index (χ4n) is 5.57. The molecule has 1 aromatic carbocycles. The number of amides is 3. The van der Waals surface area contributed by atoms with E-state index in [1.54, 1.807) is 24.4 Å². The number of anilines is 1. The van der Waals surface area contributed by atoms with E-state index in [-0.39, 0.29) is 47.8 Å². The lowest BCUT2D eigenvalue weighted by Crippen LogP contribution is -2.38. The van der Waals surface area contributed by atoms with E-state index in [1.165, 1.54) is 11.2 Å². The van der Waals surface area contributed by atoms with Crippen LogP contribution >= 0.6 is 0 Å². The van der Waals surface area contributed by atoms with Crippen LogP contribution in [-0.4, -0.2) is 27.6 Å². The quantitative estimate of drug-likeness (QED) is 0.495. The van der Waals surface area contributed by atoms with Crippen LogP contribution in [0.15, 0.2) is 71.5 Å². The molecule has 3 heterocycles. The number of aromatic nitrogens is 1. The van der Waals surface area contributed by atoms with Crippen molar-refractivity contribution in [2.45, 2.75) is 18.9 Å². The molecular formula is C25H21N3O4. The number of hydrogen-bond donors (Lipinski definition) is 1. The Labute approximate surface area is 184 Å². The molecule has 2 bridgehead atoms. The second-order valence-corrected chi connectivity index (χ2v) is 8.74. The molecule has 2 fully saturated rings. The largest absolute Gasteiger partial charge is 0.467 e. The molecule has 32 heavy (non-hydrogen) atoms. The molecule has 2 aliphatic carbocycles. The average molecular weight is 427 g/mol. The van der Waals surface area contributed by atoms with E-state index in [0.29, 0.717) is 11.4 Å². The number of fused-ring (bicyclic) bond motifs is 6. The summed E-state index contributed by atoms with van der Waals surface area (Å²) < 4.78 is 5.55. The maximum Gasteiger partial charge on any atom is 0.234 e. The van der Waals surface area contributed by atoms with E-state index in [2.05, 4.69) is 22.5 Å². The predicted molar refractivity (Wildman–Crippen MR) is 116 cm³/mol. The van der Waals surface area contributed by atoms with Crippen LogP contribution in [0.25, 0.3) is 10.9 Å². The molecule has 160 valence electrons. The predicted octanol–water partition coefficient (Wildman–Crippen LogP) is 3.70. The minimum atomic E-state index is -0.767. The minimum absolute atomic E-state index is 0.0712. The zero-order valence-corrected chi connectivity index (χ0v) is 17.2. The van der Waals surface area contributed by atoms with Crippen LogP contribution in [0.3, 0.4) is 0 Å². The monoisotopic (exact) mass is 427 g/mol. The van der Waals surface area contributed by atoms with Crippen molar-refractivity contribution >= 4 is 34.3 Å². The molecule has 5 unspecified atom stereocenters. The van der Waals surface area contributed by atoms with Crippen molar-refractivity contribution in [3.05, 3.63) is 72.8 Å². The fourth-order valence-corrected chi connectivity index (χ4v) is 5.57. The number of pyridine rings is 1. The summed E-state index contributed by atoms with van der Waals surface area (Å²) in [5, 5.41) is 3.80. The van der Waals surface area contributed by atoms with E-state index in [1.807, 2.05) is 24.3 Å². The van der Waals surface area contributed by atoms with Crippen molar-refractivity contribution in [3.8, 4) is 0 Å². The summed E-state index contributed by atoms with van der Waals surface area (Å²) >= 11 is 0. The molecule has 1 N–H and O–H groups in total. The molecule has 5 atom stereocenters. The highest BCUT2D eigenvalue weighted by atomic mass is 16.3. The summed E-state index contributed by atoms with van der Waals surface area (Å²) in [6.07, 6.45) is 8.12. The minimum Gasteiger partial charge on any atom is -0.467 e. The summed E-state index contributed by atoms with van der Waals surface area (Å²) in [5.74, 6) is -0.645. The van der Waals surface area contributed by atoms with Gasteiger partial charge in [-0.05, 0) is 54.7 Å².